The van der Waals surface area contributed by atoms with Crippen LogP contribution in [0, 0.1) is 0 Å². The van der Waals surface area contributed by atoms with Crippen LogP contribution < -0.4 is 5.32 Å². The summed E-state index contributed by atoms with van der Waals surface area (Å²) in [6, 6.07) is 0. The zero-order valence-corrected chi connectivity index (χ0v) is 10.7. The van der Waals surface area contributed by atoms with E-state index in [9.17, 15) is 4.79 Å². The largest absolute Gasteiger partial charge is 0.351 e. The topological polar surface area (TPSA) is 32.3 Å². The molecule has 3 heteroatoms. The molecule has 0 aromatic carbocycles. The molecule has 15 heavy (non-hydrogen) atoms. The number of carbonyl (C=O) groups is 1. The molecule has 0 atom stereocenters. The predicted molar refractivity (Wildman–Crippen MR) is 62.8 cm³/mol. The number of rotatable bonds is 1. The van der Waals surface area contributed by atoms with Crippen molar-refractivity contribution in [3.63, 3.8) is 0 Å². The van der Waals surface area contributed by atoms with Gasteiger partial charge >= 0.3 is 0 Å². The minimum Gasteiger partial charge on any atom is -0.351 e. The number of nitrogens with one attached hydrogen (secondary N) is 1. The molecule has 1 heterocycles. The first-order valence-corrected chi connectivity index (χ1v) is 5.77. The Morgan fingerprint density at radius 1 is 1.27 bits per heavy atom. The highest BCUT2D eigenvalue weighted by Gasteiger charge is 2.34. The summed E-state index contributed by atoms with van der Waals surface area (Å²) in [5, 5.41) is 3.06. The first kappa shape index (κ1) is 12.5. The number of amides is 1. The molecule has 0 spiro atoms. The average Bonchev–Trinajstić information content (AvgIpc) is 2.00. The number of nitrogens with zero attached hydrogens (tertiary/aromatic N) is 1. The summed E-state index contributed by atoms with van der Waals surface area (Å²) >= 11 is 0. The smallest absolute Gasteiger partial charge is 0.217 e. The van der Waals surface area contributed by atoms with E-state index < -0.39 is 0 Å². The van der Waals surface area contributed by atoms with Gasteiger partial charge in [0.15, 0.2) is 0 Å². The molecule has 1 rings (SSSR count). The van der Waals surface area contributed by atoms with Crippen LogP contribution in [0.5, 0.6) is 0 Å². The van der Waals surface area contributed by atoms with Gasteiger partial charge < -0.3 is 5.32 Å². The van der Waals surface area contributed by atoms with E-state index in [2.05, 4.69) is 37.9 Å². The number of hydrogen-bond acceptors (Lipinski definition) is 2. The molecule has 1 N–H and O–H groups in total. The Morgan fingerprint density at radius 3 is 2.07 bits per heavy atom. The van der Waals surface area contributed by atoms with Crippen LogP contribution >= 0.6 is 0 Å². The fourth-order valence-electron chi connectivity index (χ4n) is 2.22. The summed E-state index contributed by atoms with van der Waals surface area (Å²) in [4.78, 5) is 13.6. The second kappa shape index (κ2) is 4.12. The minimum atomic E-state index is 0.00752. The Bertz CT molecular complexity index is 234. The van der Waals surface area contributed by atoms with Gasteiger partial charge in [-0.05, 0) is 40.5 Å². The Hall–Kier alpha value is -0.570. The average molecular weight is 212 g/mol. The van der Waals surface area contributed by atoms with E-state index in [4.69, 9.17) is 0 Å². The van der Waals surface area contributed by atoms with Crippen LogP contribution in [0.4, 0.5) is 0 Å². The van der Waals surface area contributed by atoms with Gasteiger partial charge in [-0.2, -0.15) is 0 Å². The highest BCUT2D eigenvalue weighted by molar-refractivity contribution is 5.73. The third-order valence-electron chi connectivity index (χ3n) is 3.29. The van der Waals surface area contributed by atoms with Gasteiger partial charge in [0.2, 0.25) is 5.91 Å². The van der Waals surface area contributed by atoms with Crippen molar-refractivity contribution in [2.45, 2.75) is 58.5 Å². The first-order chi connectivity index (χ1) is 6.73. The third kappa shape index (κ3) is 3.49. The van der Waals surface area contributed by atoms with E-state index in [0.29, 0.717) is 0 Å². The fraction of sp³-hybridized carbons (Fsp3) is 0.917. The maximum Gasteiger partial charge on any atom is 0.217 e. The molecular formula is C12H24N2O. The van der Waals surface area contributed by atoms with E-state index in [1.807, 2.05) is 0 Å². The number of likely N-dealkylation sites (tertiary alicyclic amines) is 1. The van der Waals surface area contributed by atoms with Gasteiger partial charge in [-0.25, -0.2) is 0 Å². The van der Waals surface area contributed by atoms with E-state index in [1.54, 1.807) is 6.92 Å². The van der Waals surface area contributed by atoms with Crippen LogP contribution in [-0.2, 0) is 4.79 Å². The molecule has 0 aliphatic carbocycles. The zero-order valence-electron chi connectivity index (χ0n) is 10.7. The molecule has 1 aliphatic heterocycles. The zero-order chi connectivity index (χ0) is 11.7. The van der Waals surface area contributed by atoms with Crippen molar-refractivity contribution in [3.05, 3.63) is 0 Å². The lowest BCUT2D eigenvalue weighted by atomic mass is 9.87. The van der Waals surface area contributed by atoms with E-state index in [1.165, 1.54) is 0 Å². The van der Waals surface area contributed by atoms with Crippen LogP contribution in [0.1, 0.15) is 47.5 Å². The highest BCUT2D eigenvalue weighted by atomic mass is 16.1. The third-order valence-corrected chi connectivity index (χ3v) is 3.29. The minimum absolute atomic E-state index is 0.00752. The summed E-state index contributed by atoms with van der Waals surface area (Å²) in [6.45, 7) is 12.6. The number of hydrogen-bond donors (Lipinski definition) is 1. The molecule has 0 aromatic heterocycles. The fourth-order valence-corrected chi connectivity index (χ4v) is 2.22. The maximum absolute atomic E-state index is 11.1. The van der Waals surface area contributed by atoms with Crippen molar-refractivity contribution in [3.8, 4) is 0 Å². The highest BCUT2D eigenvalue weighted by Crippen LogP contribution is 2.26. The van der Waals surface area contributed by atoms with E-state index >= 15 is 0 Å². The van der Waals surface area contributed by atoms with Crippen molar-refractivity contribution in [2.24, 2.45) is 0 Å². The van der Waals surface area contributed by atoms with Crippen molar-refractivity contribution in [1.82, 2.24) is 10.2 Å². The lowest BCUT2D eigenvalue weighted by Gasteiger charge is -2.45. The Morgan fingerprint density at radius 2 is 1.73 bits per heavy atom. The molecule has 0 unspecified atom stereocenters. The first-order valence-electron chi connectivity index (χ1n) is 5.77. The maximum atomic E-state index is 11.1. The summed E-state index contributed by atoms with van der Waals surface area (Å²) in [7, 11) is 0. The summed E-state index contributed by atoms with van der Waals surface area (Å²) < 4.78 is 0. The Labute approximate surface area is 93.2 Å². The Kier molecular flexibility index (Phi) is 3.44. The van der Waals surface area contributed by atoms with Crippen LogP contribution in [-0.4, -0.2) is 35.0 Å². The SMILES string of the molecule is CC(=O)NC1(C)CCN(C(C)(C)C)CC1. The standard InChI is InChI=1S/C12H24N2O/c1-10(15)13-12(5)6-8-14(9-7-12)11(2,3)4/h6-9H2,1-5H3,(H,13,15). The molecule has 1 fully saturated rings. The van der Waals surface area contributed by atoms with Crippen molar-refractivity contribution in [2.75, 3.05) is 13.1 Å². The molecule has 1 aliphatic rings. The molecule has 1 saturated heterocycles. The predicted octanol–water partition coefficient (Wildman–Crippen LogP) is 1.78. The van der Waals surface area contributed by atoms with Crippen molar-refractivity contribution < 1.29 is 4.79 Å². The van der Waals surface area contributed by atoms with Crippen molar-refractivity contribution >= 4 is 5.91 Å². The van der Waals surface area contributed by atoms with E-state index in [-0.39, 0.29) is 17.0 Å². The van der Waals surface area contributed by atoms with Crippen LogP contribution in [0.3, 0.4) is 0 Å². The molecule has 0 bridgehead atoms. The molecule has 88 valence electrons. The van der Waals surface area contributed by atoms with Crippen molar-refractivity contribution in [1.29, 1.82) is 0 Å². The van der Waals surface area contributed by atoms with Gasteiger partial charge in [-0.3, -0.25) is 9.69 Å². The second-order valence-electron chi connectivity index (χ2n) is 5.90. The molecule has 1 amide bonds. The normalized spacial score (nSPS) is 22.5. The van der Waals surface area contributed by atoms with Crippen LogP contribution in [0.25, 0.3) is 0 Å². The quantitative estimate of drug-likeness (QED) is 0.718. The Balaban J connectivity index is 2.51. The lowest BCUT2D eigenvalue weighted by Crippen LogP contribution is -2.56. The summed E-state index contributed by atoms with van der Waals surface area (Å²) in [5.41, 5.74) is 0.255. The van der Waals surface area contributed by atoms with Gasteiger partial charge in [0.25, 0.3) is 0 Å². The second-order valence-corrected chi connectivity index (χ2v) is 5.90. The number of piperidine rings is 1. The molecule has 0 saturated carbocycles. The van der Waals surface area contributed by atoms with Gasteiger partial charge in [0.05, 0.1) is 0 Å². The molecular weight excluding hydrogens is 188 g/mol. The van der Waals surface area contributed by atoms with Gasteiger partial charge in [0, 0.05) is 31.1 Å². The van der Waals surface area contributed by atoms with Gasteiger partial charge in [-0.15, -0.1) is 0 Å². The monoisotopic (exact) mass is 212 g/mol. The van der Waals surface area contributed by atoms with Crippen LogP contribution in [0.15, 0.2) is 0 Å². The van der Waals surface area contributed by atoms with E-state index in [0.717, 1.165) is 25.9 Å². The lowest BCUT2D eigenvalue weighted by molar-refractivity contribution is -0.121. The summed E-state index contributed by atoms with van der Waals surface area (Å²) in [6.07, 6.45) is 2.09. The molecule has 0 aromatic rings. The summed E-state index contributed by atoms with van der Waals surface area (Å²) in [5.74, 6) is 0.0849. The van der Waals surface area contributed by atoms with Crippen LogP contribution in [0.2, 0.25) is 0 Å². The molecule has 3 nitrogen and oxygen atoms in total. The van der Waals surface area contributed by atoms with Gasteiger partial charge in [-0.1, -0.05) is 0 Å². The number of carbonyl (C=O) groups excluding carboxylic acids is 1. The van der Waals surface area contributed by atoms with Gasteiger partial charge in [0.1, 0.15) is 0 Å². The molecule has 0 radical (unpaired) electrons.